The molecule has 0 bridgehead atoms. The Labute approximate surface area is 127 Å². The fourth-order valence-electron chi connectivity index (χ4n) is 2.16. The topological polar surface area (TPSA) is 26.3 Å². The van der Waals surface area contributed by atoms with Crippen LogP contribution in [0.3, 0.4) is 0 Å². The SMILES string of the molecule is COC(=O)[CH2][Ti]([CH3])([CH3])([CH3])([CH3])[C]1=CC=CC1.Cl.Cl.Cl. The molecule has 1 rings (SSSR count). The average Bonchev–Trinajstić information content (AvgIpc) is 2.53. The normalized spacial score (nSPS) is 17.1. The first kappa shape index (κ1) is 23.6. The van der Waals surface area contributed by atoms with Crippen LogP contribution < -0.4 is 0 Å². The van der Waals surface area contributed by atoms with Crippen LogP contribution in [0.4, 0.5) is 0 Å². The van der Waals surface area contributed by atoms with E-state index in [2.05, 4.69) is 39.1 Å². The van der Waals surface area contributed by atoms with Crippen LogP contribution in [0.1, 0.15) is 6.42 Å². The van der Waals surface area contributed by atoms with Gasteiger partial charge >= 0.3 is 90.8 Å². The number of allylic oxidation sites excluding steroid dienone is 4. The molecule has 0 saturated heterocycles. The molecule has 0 spiro atoms. The number of methoxy groups -OCH3 is 1. The Morgan fingerprint density at radius 1 is 1.22 bits per heavy atom. The summed E-state index contributed by atoms with van der Waals surface area (Å²) in [5.74, 6) is -0.0807. The van der Waals surface area contributed by atoms with E-state index in [1.807, 2.05) is 0 Å². The van der Waals surface area contributed by atoms with E-state index in [1.165, 1.54) is 11.0 Å². The van der Waals surface area contributed by atoms with Crippen molar-refractivity contribution in [2.45, 2.75) is 32.1 Å². The molecule has 0 aromatic heterocycles. The fraction of sp³-hybridized carbons (Fsp3) is 0.583. The van der Waals surface area contributed by atoms with Crippen molar-refractivity contribution in [2.75, 3.05) is 7.11 Å². The van der Waals surface area contributed by atoms with Crippen molar-refractivity contribution < 1.29 is 23.6 Å². The monoisotopic (exact) mass is 354 g/mol. The molecule has 0 radical (unpaired) electrons. The van der Waals surface area contributed by atoms with Crippen LogP contribution in [0.2, 0.25) is 25.6 Å². The summed E-state index contributed by atoms with van der Waals surface area (Å²) >= 11 is -3.31. The summed E-state index contributed by atoms with van der Waals surface area (Å²) in [7, 11) is 1.47. The van der Waals surface area contributed by atoms with Gasteiger partial charge in [0.25, 0.3) is 0 Å². The van der Waals surface area contributed by atoms with E-state index in [4.69, 9.17) is 4.74 Å². The van der Waals surface area contributed by atoms with E-state index in [9.17, 15) is 4.79 Å². The van der Waals surface area contributed by atoms with Gasteiger partial charge < -0.3 is 0 Å². The van der Waals surface area contributed by atoms with E-state index in [1.54, 1.807) is 0 Å². The van der Waals surface area contributed by atoms with E-state index in [0.29, 0.717) is 4.73 Å². The first-order chi connectivity index (χ1) is 6.57. The molecule has 1 aliphatic rings. The predicted molar refractivity (Wildman–Crippen MR) is 83.9 cm³/mol. The summed E-state index contributed by atoms with van der Waals surface area (Å²) in [5.41, 5.74) is 0. The second kappa shape index (κ2) is 6.32. The van der Waals surface area contributed by atoms with E-state index < -0.39 is 14.0 Å². The molecule has 0 fully saturated rings. The Kier molecular flexibility index (Phi) is 8.29. The number of hydrogen-bond donors (Lipinski definition) is 0. The maximum absolute atomic E-state index is 11.6. The summed E-state index contributed by atoms with van der Waals surface area (Å²) in [6.45, 7) is 0. The van der Waals surface area contributed by atoms with Gasteiger partial charge in [0.1, 0.15) is 0 Å². The number of halogens is 3. The standard InChI is InChI=1S/C5H5.C3H5O2.4CH3.3ClH.Ti/c1-2-4-5-3-1;1-3(4)5-2;;;;;;;;/h1-3H,4H2;1H2,2H3;4*1H3;3*1H;. The van der Waals surface area contributed by atoms with E-state index in [-0.39, 0.29) is 43.2 Å². The zero-order chi connectivity index (χ0) is 11.8. The number of rotatable bonds is 3. The van der Waals surface area contributed by atoms with Crippen LogP contribution >= 0.6 is 37.2 Å². The number of carbonyl (C=O) groups excluding carboxylic acids is 1. The Morgan fingerprint density at radius 2 is 1.72 bits per heavy atom. The van der Waals surface area contributed by atoms with Crippen LogP contribution in [0.25, 0.3) is 0 Å². The fourth-order valence-corrected chi connectivity index (χ4v) is 7.82. The van der Waals surface area contributed by atoms with Gasteiger partial charge in [-0.05, 0) is 0 Å². The van der Waals surface area contributed by atoms with Crippen molar-refractivity contribution in [3.63, 3.8) is 0 Å². The first-order valence-corrected chi connectivity index (χ1v) is 13.6. The molecule has 0 amide bonds. The summed E-state index contributed by atoms with van der Waals surface area (Å²) < 4.78 is 6.87. The van der Waals surface area contributed by atoms with Gasteiger partial charge in [0.05, 0.1) is 0 Å². The summed E-state index contributed by atoms with van der Waals surface area (Å²) in [6.07, 6.45) is 7.45. The van der Waals surface area contributed by atoms with Crippen molar-refractivity contribution >= 4 is 43.2 Å². The molecule has 18 heavy (non-hydrogen) atoms. The van der Waals surface area contributed by atoms with Gasteiger partial charge in [0, 0.05) is 0 Å². The first-order valence-electron chi connectivity index (χ1n) is 5.49. The number of esters is 1. The molecule has 1 aliphatic carbocycles. The van der Waals surface area contributed by atoms with Gasteiger partial charge in [0.2, 0.25) is 0 Å². The van der Waals surface area contributed by atoms with Gasteiger partial charge in [-0.25, -0.2) is 0 Å². The molecular formula is C12H25Cl3O2Ti. The minimum atomic E-state index is -3.31. The smallest absolute Gasteiger partial charge is 0.147 e. The molecular weight excluding hydrogens is 330 g/mol. The molecule has 0 heterocycles. The maximum atomic E-state index is 11.6. The van der Waals surface area contributed by atoms with Gasteiger partial charge in [-0.2, -0.15) is 0 Å². The molecule has 0 atom stereocenters. The molecule has 2 nitrogen and oxygen atoms in total. The molecule has 0 aromatic carbocycles. The summed E-state index contributed by atoms with van der Waals surface area (Å²) in [4.78, 5) is 11.6. The number of ether oxygens (including phenoxy) is 1. The van der Waals surface area contributed by atoms with Crippen LogP contribution in [-0.4, -0.2) is 13.1 Å². The van der Waals surface area contributed by atoms with E-state index in [0.717, 1.165) is 6.42 Å². The Bertz CT molecular complexity index is 365. The zero-order valence-electron chi connectivity index (χ0n) is 11.7. The largest absolute Gasteiger partial charge is 0.147 e. The van der Waals surface area contributed by atoms with Crippen LogP contribution in [0.15, 0.2) is 22.1 Å². The molecule has 0 aromatic rings. The third-order valence-corrected chi connectivity index (χ3v) is 11.7. The molecule has 0 unspecified atom stereocenters. The number of hydrogen-bond acceptors (Lipinski definition) is 2. The van der Waals surface area contributed by atoms with Gasteiger partial charge in [-0.3, -0.25) is 0 Å². The third kappa shape index (κ3) is 5.67. The van der Waals surface area contributed by atoms with Crippen LogP contribution in [0.5, 0.6) is 0 Å². The van der Waals surface area contributed by atoms with Crippen LogP contribution in [0, 0.1) is 0 Å². The quantitative estimate of drug-likeness (QED) is 0.520. The third-order valence-electron chi connectivity index (χ3n) is 3.45. The summed E-state index contributed by atoms with van der Waals surface area (Å²) in [6, 6.07) is 0. The Morgan fingerprint density at radius 3 is 2.06 bits per heavy atom. The zero-order valence-corrected chi connectivity index (χ0v) is 15.7. The average molecular weight is 356 g/mol. The summed E-state index contributed by atoms with van der Waals surface area (Å²) in [5, 5.41) is 9.21. The Balaban J connectivity index is -0.000000750. The van der Waals surface area contributed by atoms with Crippen molar-refractivity contribution in [1.29, 1.82) is 0 Å². The minimum Gasteiger partial charge on any atom is -0.147 e. The second-order valence-corrected chi connectivity index (χ2v) is 26.7. The van der Waals surface area contributed by atoms with Gasteiger partial charge in [-0.15, -0.1) is 37.2 Å². The molecule has 0 N–H and O–H groups in total. The van der Waals surface area contributed by atoms with Crippen molar-refractivity contribution in [2.24, 2.45) is 0 Å². The minimum absolute atomic E-state index is 0. The molecule has 0 saturated carbocycles. The Hall–Kier alpha value is 0.534. The van der Waals surface area contributed by atoms with E-state index >= 15 is 0 Å². The van der Waals surface area contributed by atoms with Gasteiger partial charge in [0.15, 0.2) is 0 Å². The molecule has 110 valence electrons. The molecule has 6 heteroatoms. The van der Waals surface area contributed by atoms with Crippen LogP contribution in [-0.2, 0) is 23.6 Å². The van der Waals surface area contributed by atoms with Crippen molar-refractivity contribution in [3.8, 4) is 0 Å². The maximum Gasteiger partial charge on any atom is -0.147 e. The second-order valence-electron chi connectivity index (χ2n) is 7.67. The molecule has 0 aliphatic heterocycles. The van der Waals surface area contributed by atoms with Gasteiger partial charge in [-0.1, -0.05) is 0 Å². The predicted octanol–water partition coefficient (Wildman–Crippen LogP) is 5.10. The van der Waals surface area contributed by atoms with Crippen molar-refractivity contribution in [3.05, 3.63) is 22.1 Å². The number of carbonyl (C=O) groups is 1. The van der Waals surface area contributed by atoms with Crippen molar-refractivity contribution in [1.82, 2.24) is 0 Å².